The predicted octanol–water partition coefficient (Wildman–Crippen LogP) is 3.86. The van der Waals surface area contributed by atoms with Crippen LogP contribution in [0.25, 0.3) is 0 Å². The van der Waals surface area contributed by atoms with Crippen molar-refractivity contribution in [2.24, 2.45) is 0 Å². The summed E-state index contributed by atoms with van der Waals surface area (Å²) in [4.78, 5) is 12.1. The van der Waals surface area contributed by atoms with Crippen molar-refractivity contribution < 1.29 is 9.53 Å². The van der Waals surface area contributed by atoms with Gasteiger partial charge in [0.2, 0.25) is 5.13 Å². The quantitative estimate of drug-likeness (QED) is 0.473. The van der Waals surface area contributed by atoms with Crippen LogP contribution in [0, 0.1) is 0 Å². The van der Waals surface area contributed by atoms with E-state index < -0.39 is 0 Å². The molecule has 1 amide bonds. The zero-order chi connectivity index (χ0) is 15.9. The van der Waals surface area contributed by atoms with Crippen LogP contribution in [0.4, 0.5) is 5.13 Å². The largest absolute Gasteiger partial charge is 0.490 e. The summed E-state index contributed by atoms with van der Waals surface area (Å²) in [5, 5.41) is 11.7. The minimum atomic E-state index is -0.215. The summed E-state index contributed by atoms with van der Waals surface area (Å²) < 4.78 is 6.22. The van der Waals surface area contributed by atoms with Crippen LogP contribution in [0.15, 0.2) is 41.3 Å². The molecule has 0 unspecified atom stereocenters. The second-order valence-electron chi connectivity index (χ2n) is 4.62. The number of carbonyl (C=O) groups excluding carboxylic acids is 1. The Balaban J connectivity index is 1.96. The van der Waals surface area contributed by atoms with Gasteiger partial charge in [-0.25, -0.2) is 0 Å². The molecule has 0 radical (unpaired) electrons. The second-order valence-corrected chi connectivity index (χ2v) is 7.42. The highest BCUT2D eigenvalue weighted by Gasteiger charge is 2.11. The van der Waals surface area contributed by atoms with Gasteiger partial charge in [0.15, 0.2) is 4.34 Å². The van der Waals surface area contributed by atoms with E-state index in [0.29, 0.717) is 28.3 Å². The summed E-state index contributed by atoms with van der Waals surface area (Å²) in [6.45, 7) is 8.19. The van der Waals surface area contributed by atoms with Crippen LogP contribution >= 0.6 is 23.1 Å². The van der Waals surface area contributed by atoms with E-state index in [9.17, 15) is 4.79 Å². The SMILES string of the molecule is C=CCOc1ccc(C(=O)Nc2nnc(SC(C)C)s2)cc1. The lowest BCUT2D eigenvalue weighted by Gasteiger charge is -2.04. The highest BCUT2D eigenvalue weighted by Crippen LogP contribution is 2.28. The molecule has 1 heterocycles. The number of hydrogen-bond donors (Lipinski definition) is 1. The molecule has 0 aliphatic rings. The highest BCUT2D eigenvalue weighted by molar-refractivity contribution is 8.01. The molecule has 116 valence electrons. The van der Waals surface area contributed by atoms with Crippen molar-refractivity contribution in [3.8, 4) is 5.75 Å². The average molecular weight is 335 g/mol. The molecule has 2 rings (SSSR count). The summed E-state index contributed by atoms with van der Waals surface area (Å²) in [5.41, 5.74) is 0.541. The first-order chi connectivity index (χ1) is 10.6. The fourth-order valence-electron chi connectivity index (χ4n) is 1.54. The number of anilines is 1. The third-order valence-electron chi connectivity index (χ3n) is 2.45. The van der Waals surface area contributed by atoms with E-state index in [1.807, 2.05) is 0 Å². The third kappa shape index (κ3) is 4.85. The molecular formula is C15H17N3O2S2. The lowest BCUT2D eigenvalue weighted by Crippen LogP contribution is -2.11. The van der Waals surface area contributed by atoms with Crippen LogP contribution in [0.5, 0.6) is 5.75 Å². The summed E-state index contributed by atoms with van der Waals surface area (Å²) in [5.74, 6) is 0.482. The molecule has 1 N–H and O–H groups in total. The van der Waals surface area contributed by atoms with E-state index >= 15 is 0 Å². The Kier molecular flexibility index (Phi) is 5.97. The molecule has 0 bridgehead atoms. The molecule has 0 saturated heterocycles. The zero-order valence-electron chi connectivity index (χ0n) is 12.4. The second kappa shape index (κ2) is 7.95. The van der Waals surface area contributed by atoms with Crippen LogP contribution in [0.2, 0.25) is 0 Å². The molecule has 1 aromatic carbocycles. The maximum absolute atomic E-state index is 12.1. The van der Waals surface area contributed by atoms with Gasteiger partial charge in [0, 0.05) is 10.8 Å². The number of ether oxygens (including phenoxy) is 1. The molecule has 1 aromatic heterocycles. The first-order valence-electron chi connectivity index (χ1n) is 6.73. The number of nitrogens with one attached hydrogen (secondary N) is 1. The Hall–Kier alpha value is -1.86. The molecular weight excluding hydrogens is 318 g/mol. The summed E-state index contributed by atoms with van der Waals surface area (Å²) >= 11 is 2.99. The van der Waals surface area contributed by atoms with Crippen molar-refractivity contribution in [1.29, 1.82) is 0 Å². The monoisotopic (exact) mass is 335 g/mol. The van der Waals surface area contributed by atoms with Gasteiger partial charge in [0.05, 0.1) is 0 Å². The van der Waals surface area contributed by atoms with Gasteiger partial charge in [-0.05, 0) is 24.3 Å². The van der Waals surface area contributed by atoms with E-state index in [2.05, 4.69) is 35.9 Å². The van der Waals surface area contributed by atoms with Gasteiger partial charge in [-0.1, -0.05) is 49.6 Å². The number of nitrogens with zero attached hydrogens (tertiary/aromatic N) is 2. The van der Waals surface area contributed by atoms with Crippen molar-refractivity contribution >= 4 is 34.1 Å². The van der Waals surface area contributed by atoms with Gasteiger partial charge < -0.3 is 4.74 Å². The molecule has 0 atom stereocenters. The Bertz CT molecular complexity index is 638. The Morgan fingerprint density at radius 1 is 1.41 bits per heavy atom. The number of hydrogen-bond acceptors (Lipinski definition) is 6. The van der Waals surface area contributed by atoms with Gasteiger partial charge in [-0.15, -0.1) is 10.2 Å². The summed E-state index contributed by atoms with van der Waals surface area (Å²) in [7, 11) is 0. The van der Waals surface area contributed by atoms with Gasteiger partial charge in [-0.2, -0.15) is 0 Å². The smallest absolute Gasteiger partial charge is 0.257 e. The van der Waals surface area contributed by atoms with Crippen LogP contribution in [0.3, 0.4) is 0 Å². The molecule has 0 aliphatic heterocycles. The van der Waals surface area contributed by atoms with Crippen LogP contribution in [-0.4, -0.2) is 28.0 Å². The number of aromatic nitrogens is 2. The summed E-state index contributed by atoms with van der Waals surface area (Å²) in [6.07, 6.45) is 1.67. The van der Waals surface area contributed by atoms with Crippen molar-refractivity contribution in [2.45, 2.75) is 23.4 Å². The van der Waals surface area contributed by atoms with E-state index in [1.165, 1.54) is 11.3 Å². The van der Waals surface area contributed by atoms with Gasteiger partial charge in [-0.3, -0.25) is 10.1 Å². The molecule has 0 saturated carbocycles. The van der Waals surface area contributed by atoms with Crippen molar-refractivity contribution in [1.82, 2.24) is 10.2 Å². The Labute approximate surface area is 137 Å². The normalized spacial score (nSPS) is 10.5. The lowest BCUT2D eigenvalue weighted by atomic mass is 10.2. The maximum atomic E-state index is 12.1. The molecule has 2 aromatic rings. The number of rotatable bonds is 7. The Morgan fingerprint density at radius 3 is 2.77 bits per heavy atom. The Morgan fingerprint density at radius 2 is 2.14 bits per heavy atom. The van der Waals surface area contributed by atoms with Crippen LogP contribution < -0.4 is 10.1 Å². The molecule has 0 aliphatic carbocycles. The molecule has 0 fully saturated rings. The molecule has 22 heavy (non-hydrogen) atoms. The number of amides is 1. The summed E-state index contributed by atoms with van der Waals surface area (Å²) in [6, 6.07) is 6.91. The fourth-order valence-corrected chi connectivity index (χ4v) is 3.51. The van der Waals surface area contributed by atoms with Crippen LogP contribution in [0.1, 0.15) is 24.2 Å². The van der Waals surface area contributed by atoms with Gasteiger partial charge in [0.1, 0.15) is 12.4 Å². The van der Waals surface area contributed by atoms with Gasteiger partial charge >= 0.3 is 0 Å². The first-order valence-corrected chi connectivity index (χ1v) is 8.43. The van der Waals surface area contributed by atoms with E-state index in [-0.39, 0.29) is 5.91 Å². The fraction of sp³-hybridized carbons (Fsp3) is 0.267. The highest BCUT2D eigenvalue weighted by atomic mass is 32.2. The average Bonchev–Trinajstić information content (AvgIpc) is 2.91. The minimum absolute atomic E-state index is 0.215. The van der Waals surface area contributed by atoms with Crippen molar-refractivity contribution in [3.63, 3.8) is 0 Å². The van der Waals surface area contributed by atoms with Crippen molar-refractivity contribution in [2.75, 3.05) is 11.9 Å². The zero-order valence-corrected chi connectivity index (χ0v) is 14.0. The minimum Gasteiger partial charge on any atom is -0.490 e. The molecule has 0 spiro atoms. The third-order valence-corrected chi connectivity index (χ3v) is 4.37. The number of benzene rings is 1. The van der Waals surface area contributed by atoms with E-state index in [1.54, 1.807) is 42.1 Å². The lowest BCUT2D eigenvalue weighted by molar-refractivity contribution is 0.102. The standard InChI is InChI=1S/C15H17N3O2S2/c1-4-9-20-12-7-5-11(6-8-12)13(19)16-14-17-18-15(22-14)21-10(2)3/h4-8,10H,1,9H2,2-3H3,(H,16,17,19). The van der Waals surface area contributed by atoms with Gasteiger partial charge in [0.25, 0.3) is 5.91 Å². The number of carbonyl (C=O) groups is 1. The van der Waals surface area contributed by atoms with Crippen LogP contribution in [-0.2, 0) is 0 Å². The maximum Gasteiger partial charge on any atom is 0.257 e. The van der Waals surface area contributed by atoms with E-state index in [0.717, 1.165) is 4.34 Å². The first kappa shape index (κ1) is 16.5. The topological polar surface area (TPSA) is 64.1 Å². The number of thioether (sulfide) groups is 1. The van der Waals surface area contributed by atoms with Crippen molar-refractivity contribution in [3.05, 3.63) is 42.5 Å². The van der Waals surface area contributed by atoms with E-state index in [4.69, 9.17) is 4.74 Å². The molecule has 5 nitrogen and oxygen atoms in total. The molecule has 7 heteroatoms. The predicted molar refractivity (Wildman–Crippen MR) is 91.0 cm³/mol.